The summed E-state index contributed by atoms with van der Waals surface area (Å²) < 4.78 is 0. The van der Waals surface area contributed by atoms with Crippen molar-refractivity contribution in [3.8, 4) is 0 Å². The Bertz CT molecular complexity index is 181. The zero-order chi connectivity index (χ0) is 14.8. The van der Waals surface area contributed by atoms with Crippen LogP contribution in [0.25, 0.3) is 0 Å². The minimum Gasteiger partial charge on any atom is -0.381 e. The summed E-state index contributed by atoms with van der Waals surface area (Å²) in [5.74, 6) is 0. The SMILES string of the molecule is C.C.C.CCN1CCN(CO)CC1.CCN1CCN(CO)CC1. The second kappa shape index (κ2) is 16.6. The van der Waals surface area contributed by atoms with Gasteiger partial charge in [0.05, 0.1) is 13.5 Å². The van der Waals surface area contributed by atoms with Crippen molar-refractivity contribution >= 4 is 0 Å². The molecule has 0 atom stereocenters. The molecule has 0 unspecified atom stereocenters. The van der Waals surface area contributed by atoms with Crippen LogP contribution >= 0.6 is 0 Å². The Morgan fingerprint density at radius 1 is 0.522 bits per heavy atom. The van der Waals surface area contributed by atoms with E-state index in [1.807, 2.05) is 0 Å². The monoisotopic (exact) mass is 336 g/mol. The standard InChI is InChI=1S/2C7H16N2O.3CH4/c2*1-2-8-3-5-9(7-10)6-4-8;;;/h2*10H,2-7H2,1H3;3*1H4. The first-order valence-corrected chi connectivity index (χ1v) is 7.84. The first-order valence-electron chi connectivity index (χ1n) is 7.84. The van der Waals surface area contributed by atoms with Crippen LogP contribution in [0.1, 0.15) is 36.1 Å². The van der Waals surface area contributed by atoms with Gasteiger partial charge in [0, 0.05) is 52.4 Å². The summed E-state index contributed by atoms with van der Waals surface area (Å²) in [6, 6.07) is 0. The molecule has 2 heterocycles. The molecule has 6 nitrogen and oxygen atoms in total. The van der Waals surface area contributed by atoms with Crippen LogP contribution in [-0.2, 0) is 0 Å². The fraction of sp³-hybridized carbons (Fsp3) is 1.00. The molecule has 0 aliphatic carbocycles. The van der Waals surface area contributed by atoms with Crippen LogP contribution < -0.4 is 0 Å². The fourth-order valence-electron chi connectivity index (χ4n) is 2.49. The van der Waals surface area contributed by atoms with E-state index in [1.54, 1.807) is 0 Å². The Morgan fingerprint density at radius 3 is 0.913 bits per heavy atom. The van der Waals surface area contributed by atoms with Crippen molar-refractivity contribution < 1.29 is 10.2 Å². The number of nitrogens with zero attached hydrogens (tertiary/aromatic N) is 4. The minimum absolute atomic E-state index is 0. The summed E-state index contributed by atoms with van der Waals surface area (Å²) in [5.41, 5.74) is 0. The maximum absolute atomic E-state index is 8.76. The maximum atomic E-state index is 8.76. The fourth-order valence-corrected chi connectivity index (χ4v) is 2.49. The molecule has 0 saturated carbocycles. The lowest BCUT2D eigenvalue weighted by Crippen LogP contribution is -2.46. The van der Waals surface area contributed by atoms with Gasteiger partial charge in [0.25, 0.3) is 0 Å². The van der Waals surface area contributed by atoms with E-state index in [9.17, 15) is 0 Å². The van der Waals surface area contributed by atoms with Gasteiger partial charge in [-0.3, -0.25) is 9.80 Å². The molecule has 0 aromatic carbocycles. The Balaban J connectivity index is -0.000000308. The second-order valence-electron chi connectivity index (χ2n) is 5.39. The average molecular weight is 337 g/mol. The molecule has 2 aliphatic rings. The smallest absolute Gasteiger partial charge is 0.0957 e. The van der Waals surface area contributed by atoms with Crippen LogP contribution in [0.15, 0.2) is 0 Å². The summed E-state index contributed by atoms with van der Waals surface area (Å²) in [4.78, 5) is 8.91. The van der Waals surface area contributed by atoms with Gasteiger partial charge in [-0.25, -0.2) is 0 Å². The molecule has 144 valence electrons. The lowest BCUT2D eigenvalue weighted by atomic mass is 10.3. The summed E-state index contributed by atoms with van der Waals surface area (Å²) in [5, 5.41) is 17.5. The first-order chi connectivity index (χ1) is 9.73. The van der Waals surface area contributed by atoms with Crippen molar-refractivity contribution in [2.45, 2.75) is 36.1 Å². The van der Waals surface area contributed by atoms with Gasteiger partial charge < -0.3 is 20.0 Å². The highest BCUT2D eigenvalue weighted by Gasteiger charge is 2.14. The molecule has 23 heavy (non-hydrogen) atoms. The molecule has 2 fully saturated rings. The van der Waals surface area contributed by atoms with Gasteiger partial charge in [-0.05, 0) is 13.1 Å². The zero-order valence-corrected chi connectivity index (χ0v) is 13.2. The number of aliphatic hydroxyl groups excluding tert-OH is 2. The normalized spacial score (nSPS) is 20.3. The Morgan fingerprint density at radius 2 is 0.739 bits per heavy atom. The van der Waals surface area contributed by atoms with Gasteiger partial charge in [-0.2, -0.15) is 0 Å². The summed E-state index contributed by atoms with van der Waals surface area (Å²) in [6.45, 7) is 15.6. The predicted molar refractivity (Wildman–Crippen MR) is 102 cm³/mol. The maximum Gasteiger partial charge on any atom is 0.0957 e. The molecule has 2 saturated heterocycles. The number of hydrogen-bond donors (Lipinski definition) is 2. The topological polar surface area (TPSA) is 53.4 Å². The Labute approximate surface area is 145 Å². The highest BCUT2D eigenvalue weighted by atomic mass is 16.3. The van der Waals surface area contributed by atoms with E-state index in [4.69, 9.17) is 10.2 Å². The molecule has 0 radical (unpaired) electrons. The van der Waals surface area contributed by atoms with Crippen molar-refractivity contribution in [1.29, 1.82) is 0 Å². The molecule has 0 aromatic heterocycles. The lowest BCUT2D eigenvalue weighted by molar-refractivity contribution is 0.0562. The van der Waals surface area contributed by atoms with Gasteiger partial charge in [0.1, 0.15) is 0 Å². The van der Waals surface area contributed by atoms with Crippen molar-refractivity contribution in [2.24, 2.45) is 0 Å². The third-order valence-electron chi connectivity index (χ3n) is 4.22. The summed E-state index contributed by atoms with van der Waals surface area (Å²) in [6.07, 6.45) is 0. The molecular weight excluding hydrogens is 292 g/mol. The quantitative estimate of drug-likeness (QED) is 0.801. The van der Waals surface area contributed by atoms with E-state index in [1.165, 1.54) is 0 Å². The van der Waals surface area contributed by atoms with Crippen LogP contribution in [0.4, 0.5) is 0 Å². The van der Waals surface area contributed by atoms with Gasteiger partial charge in [0.2, 0.25) is 0 Å². The first kappa shape index (κ1) is 27.6. The molecule has 0 aromatic rings. The van der Waals surface area contributed by atoms with Crippen molar-refractivity contribution in [3.63, 3.8) is 0 Å². The molecule has 0 spiro atoms. The Kier molecular flexibility index (Phi) is 19.9. The number of aliphatic hydroxyl groups is 2. The molecule has 2 rings (SSSR count). The van der Waals surface area contributed by atoms with Crippen LogP contribution in [0, 0.1) is 0 Å². The summed E-state index contributed by atoms with van der Waals surface area (Å²) in [7, 11) is 0. The van der Waals surface area contributed by atoms with Gasteiger partial charge >= 0.3 is 0 Å². The highest BCUT2D eigenvalue weighted by molar-refractivity contribution is 4.68. The van der Waals surface area contributed by atoms with Crippen molar-refractivity contribution in [2.75, 3.05) is 78.9 Å². The second-order valence-corrected chi connectivity index (χ2v) is 5.39. The molecule has 2 aliphatic heterocycles. The van der Waals surface area contributed by atoms with Crippen LogP contribution in [0.3, 0.4) is 0 Å². The number of rotatable bonds is 4. The number of piperazine rings is 2. The highest BCUT2D eigenvalue weighted by Crippen LogP contribution is 1.99. The average Bonchev–Trinajstić information content (AvgIpc) is 2.55. The molecule has 0 amide bonds. The van der Waals surface area contributed by atoms with Crippen LogP contribution in [0.2, 0.25) is 0 Å². The van der Waals surface area contributed by atoms with Crippen molar-refractivity contribution in [3.05, 3.63) is 0 Å². The lowest BCUT2D eigenvalue weighted by Gasteiger charge is -2.32. The van der Waals surface area contributed by atoms with E-state index in [0.29, 0.717) is 0 Å². The van der Waals surface area contributed by atoms with E-state index < -0.39 is 0 Å². The number of likely N-dealkylation sites (N-methyl/N-ethyl adjacent to an activating group) is 2. The van der Waals surface area contributed by atoms with Gasteiger partial charge in [-0.15, -0.1) is 0 Å². The van der Waals surface area contributed by atoms with Crippen molar-refractivity contribution in [1.82, 2.24) is 19.6 Å². The number of hydrogen-bond acceptors (Lipinski definition) is 6. The van der Waals surface area contributed by atoms with Gasteiger partial charge in [0.15, 0.2) is 0 Å². The van der Waals surface area contributed by atoms with Gasteiger partial charge in [-0.1, -0.05) is 36.1 Å². The van der Waals surface area contributed by atoms with E-state index in [-0.39, 0.29) is 35.7 Å². The van der Waals surface area contributed by atoms with Crippen LogP contribution in [-0.4, -0.2) is 109 Å². The predicted octanol–water partition coefficient (Wildman–Crippen LogP) is 1.06. The zero-order valence-electron chi connectivity index (χ0n) is 13.2. The molecule has 2 N–H and O–H groups in total. The molecular formula is C17H44N4O2. The van der Waals surface area contributed by atoms with E-state index in [2.05, 4.69) is 33.4 Å². The van der Waals surface area contributed by atoms with Crippen LogP contribution in [0.5, 0.6) is 0 Å². The minimum atomic E-state index is 0. The third-order valence-corrected chi connectivity index (χ3v) is 4.22. The Hall–Kier alpha value is -0.240. The largest absolute Gasteiger partial charge is 0.381 e. The van der Waals surface area contributed by atoms with E-state index in [0.717, 1.165) is 65.4 Å². The molecule has 0 bridgehead atoms. The third kappa shape index (κ3) is 11.0. The summed E-state index contributed by atoms with van der Waals surface area (Å²) >= 11 is 0. The molecule has 6 heteroatoms. The van der Waals surface area contributed by atoms with E-state index >= 15 is 0 Å².